The number of nitrogens with zero attached hydrogens (tertiary/aromatic N) is 2. The predicted molar refractivity (Wildman–Crippen MR) is 97.9 cm³/mol. The zero-order valence-corrected chi connectivity index (χ0v) is 15.2. The van der Waals surface area contributed by atoms with Crippen molar-refractivity contribution in [2.24, 2.45) is 0 Å². The summed E-state index contributed by atoms with van der Waals surface area (Å²) in [6, 6.07) is 9.59. The summed E-state index contributed by atoms with van der Waals surface area (Å²) in [6.07, 6.45) is 1.43. The third-order valence-corrected chi connectivity index (χ3v) is 4.97. The molecular formula is C20H23FN2O4. The summed E-state index contributed by atoms with van der Waals surface area (Å²) < 4.78 is 19.5. The summed E-state index contributed by atoms with van der Waals surface area (Å²) in [4.78, 5) is 27.3. The number of aliphatic carboxylic acids is 1. The summed E-state index contributed by atoms with van der Waals surface area (Å²) in [7, 11) is 0. The lowest BCUT2D eigenvalue weighted by molar-refractivity contribution is -0.139. The summed E-state index contributed by atoms with van der Waals surface area (Å²) >= 11 is 0. The van der Waals surface area contributed by atoms with Crippen LogP contribution in [0.15, 0.2) is 40.8 Å². The van der Waals surface area contributed by atoms with Gasteiger partial charge in [0, 0.05) is 19.1 Å². The summed E-state index contributed by atoms with van der Waals surface area (Å²) in [6.45, 7) is 3.69. The molecule has 0 bridgehead atoms. The number of rotatable bonds is 6. The largest absolute Gasteiger partial charge is 0.480 e. The Labute approximate surface area is 157 Å². The van der Waals surface area contributed by atoms with Crippen LogP contribution in [-0.4, -0.2) is 59.0 Å². The van der Waals surface area contributed by atoms with Gasteiger partial charge in [-0.2, -0.15) is 0 Å². The number of amides is 1. The Bertz CT molecular complexity index is 812. The Morgan fingerprint density at radius 2 is 1.93 bits per heavy atom. The topological polar surface area (TPSA) is 74.0 Å². The fraction of sp³-hybridized carbons (Fsp3) is 0.400. The Kier molecular flexibility index (Phi) is 5.91. The zero-order chi connectivity index (χ0) is 19.4. The average Bonchev–Trinajstić information content (AvgIpc) is 3.16. The molecule has 7 heteroatoms. The zero-order valence-electron chi connectivity index (χ0n) is 15.2. The smallest absolute Gasteiger partial charge is 0.317 e. The Morgan fingerprint density at radius 1 is 1.22 bits per heavy atom. The number of carboxylic acid groups (broad SMARTS) is 1. The first-order chi connectivity index (χ1) is 13.0. The molecule has 144 valence electrons. The van der Waals surface area contributed by atoms with E-state index < -0.39 is 11.8 Å². The van der Waals surface area contributed by atoms with E-state index in [1.807, 2.05) is 11.8 Å². The third kappa shape index (κ3) is 4.36. The van der Waals surface area contributed by atoms with Gasteiger partial charge < -0.3 is 14.4 Å². The van der Waals surface area contributed by atoms with Crippen LogP contribution in [0.4, 0.5) is 4.39 Å². The summed E-state index contributed by atoms with van der Waals surface area (Å²) in [5, 5.41) is 9.01. The van der Waals surface area contributed by atoms with Gasteiger partial charge in [-0.1, -0.05) is 19.1 Å². The van der Waals surface area contributed by atoms with Crippen LogP contribution in [-0.2, 0) is 4.79 Å². The highest BCUT2D eigenvalue weighted by Crippen LogP contribution is 2.26. The van der Waals surface area contributed by atoms with Crippen LogP contribution in [0.5, 0.6) is 0 Å². The van der Waals surface area contributed by atoms with Crippen LogP contribution in [0.1, 0.15) is 30.3 Å². The highest BCUT2D eigenvalue weighted by Gasteiger charge is 2.29. The Hall–Kier alpha value is -2.67. The number of hydrogen-bond acceptors (Lipinski definition) is 4. The normalized spacial score (nSPS) is 15.3. The lowest BCUT2D eigenvalue weighted by Crippen LogP contribution is -2.48. The second-order valence-electron chi connectivity index (χ2n) is 6.62. The molecule has 2 heterocycles. The molecule has 2 aromatic rings. The molecule has 1 aromatic heterocycles. The number of hydrogen-bond donors (Lipinski definition) is 1. The van der Waals surface area contributed by atoms with Crippen LogP contribution >= 0.6 is 0 Å². The van der Waals surface area contributed by atoms with E-state index in [1.165, 1.54) is 6.07 Å². The molecule has 1 saturated heterocycles. The van der Waals surface area contributed by atoms with E-state index >= 15 is 0 Å². The number of carboxylic acids is 1. The van der Waals surface area contributed by atoms with Crippen LogP contribution in [0.3, 0.4) is 0 Å². The van der Waals surface area contributed by atoms with E-state index in [4.69, 9.17) is 9.52 Å². The lowest BCUT2D eigenvalue weighted by atomic mass is 10.0. The molecular weight excluding hydrogens is 351 g/mol. The van der Waals surface area contributed by atoms with Gasteiger partial charge in [0.1, 0.15) is 11.6 Å². The number of piperidine rings is 1. The first-order valence-electron chi connectivity index (χ1n) is 9.09. The number of carbonyl (C=O) groups excluding carboxylic acids is 1. The molecule has 3 rings (SSSR count). The standard InChI is InChI=1S/C20H23FN2O4/c1-2-22(13-19(24)25)14-9-11-23(12-10-14)20(26)18-8-7-17(27-18)15-5-3-4-6-16(15)21/h3-8,14H,2,9-13H2,1H3,(H,24,25). The molecule has 27 heavy (non-hydrogen) atoms. The van der Waals surface area contributed by atoms with Crippen LogP contribution in [0.25, 0.3) is 11.3 Å². The van der Waals surface area contributed by atoms with Crippen molar-refractivity contribution in [3.8, 4) is 11.3 Å². The Morgan fingerprint density at radius 3 is 2.56 bits per heavy atom. The van der Waals surface area contributed by atoms with E-state index in [2.05, 4.69) is 0 Å². The van der Waals surface area contributed by atoms with Gasteiger partial charge in [0.05, 0.1) is 12.1 Å². The van der Waals surface area contributed by atoms with E-state index in [9.17, 15) is 14.0 Å². The van der Waals surface area contributed by atoms with Crippen molar-refractivity contribution in [3.05, 3.63) is 48.0 Å². The number of carbonyl (C=O) groups is 2. The number of likely N-dealkylation sites (tertiary alicyclic amines) is 1. The minimum atomic E-state index is -0.841. The fourth-order valence-electron chi connectivity index (χ4n) is 3.52. The van der Waals surface area contributed by atoms with E-state index in [1.54, 1.807) is 35.2 Å². The molecule has 1 aliphatic rings. The van der Waals surface area contributed by atoms with Crippen molar-refractivity contribution in [1.82, 2.24) is 9.80 Å². The second-order valence-corrected chi connectivity index (χ2v) is 6.62. The van der Waals surface area contributed by atoms with E-state index in [-0.39, 0.29) is 24.3 Å². The van der Waals surface area contributed by atoms with Crippen molar-refractivity contribution < 1.29 is 23.5 Å². The quantitative estimate of drug-likeness (QED) is 0.841. The first-order valence-corrected chi connectivity index (χ1v) is 9.09. The maximum Gasteiger partial charge on any atom is 0.317 e. The van der Waals surface area contributed by atoms with Gasteiger partial charge in [0.2, 0.25) is 0 Å². The summed E-state index contributed by atoms with van der Waals surface area (Å²) in [5.74, 6) is -0.955. The lowest BCUT2D eigenvalue weighted by Gasteiger charge is -2.37. The molecule has 0 unspecified atom stereocenters. The van der Waals surface area contributed by atoms with Crippen molar-refractivity contribution in [2.45, 2.75) is 25.8 Å². The van der Waals surface area contributed by atoms with Gasteiger partial charge in [-0.15, -0.1) is 0 Å². The molecule has 1 fully saturated rings. The van der Waals surface area contributed by atoms with Crippen molar-refractivity contribution in [2.75, 3.05) is 26.2 Å². The summed E-state index contributed by atoms with van der Waals surface area (Å²) in [5.41, 5.74) is 0.322. The molecule has 0 saturated carbocycles. The van der Waals surface area contributed by atoms with Gasteiger partial charge >= 0.3 is 5.97 Å². The van der Waals surface area contributed by atoms with Crippen molar-refractivity contribution in [3.63, 3.8) is 0 Å². The van der Waals surface area contributed by atoms with Crippen LogP contribution in [0, 0.1) is 5.82 Å². The maximum atomic E-state index is 13.9. The van der Waals surface area contributed by atoms with Crippen LogP contribution < -0.4 is 0 Å². The molecule has 0 spiro atoms. The average molecular weight is 374 g/mol. The molecule has 0 atom stereocenters. The minimum absolute atomic E-state index is 0.0132. The number of furan rings is 1. The highest BCUT2D eigenvalue weighted by atomic mass is 19.1. The van der Waals surface area contributed by atoms with Gasteiger partial charge in [-0.05, 0) is 43.7 Å². The van der Waals surface area contributed by atoms with Gasteiger partial charge in [-0.3, -0.25) is 14.5 Å². The van der Waals surface area contributed by atoms with Crippen molar-refractivity contribution >= 4 is 11.9 Å². The fourth-order valence-corrected chi connectivity index (χ4v) is 3.52. The monoisotopic (exact) mass is 374 g/mol. The molecule has 1 aromatic carbocycles. The maximum absolute atomic E-state index is 13.9. The van der Waals surface area contributed by atoms with Crippen molar-refractivity contribution in [1.29, 1.82) is 0 Å². The van der Waals surface area contributed by atoms with E-state index in [0.29, 0.717) is 43.8 Å². The molecule has 1 N–H and O–H groups in total. The highest BCUT2D eigenvalue weighted by molar-refractivity contribution is 5.92. The molecule has 1 aliphatic heterocycles. The number of likely N-dealkylation sites (N-methyl/N-ethyl adjacent to an activating group) is 1. The van der Waals surface area contributed by atoms with Gasteiger partial charge in [-0.25, -0.2) is 4.39 Å². The Balaban J connectivity index is 1.63. The minimum Gasteiger partial charge on any atom is -0.480 e. The van der Waals surface area contributed by atoms with Gasteiger partial charge in [0.25, 0.3) is 5.91 Å². The van der Waals surface area contributed by atoms with Crippen LogP contribution in [0.2, 0.25) is 0 Å². The first kappa shape index (κ1) is 19.1. The molecule has 0 aliphatic carbocycles. The number of halogens is 1. The molecule has 0 radical (unpaired) electrons. The van der Waals surface area contributed by atoms with E-state index in [0.717, 1.165) is 0 Å². The molecule has 1 amide bonds. The SMILES string of the molecule is CCN(CC(=O)O)C1CCN(C(=O)c2ccc(-c3ccccc3F)o2)CC1. The third-order valence-electron chi connectivity index (χ3n) is 4.97. The van der Waals surface area contributed by atoms with Gasteiger partial charge in [0.15, 0.2) is 5.76 Å². The number of benzene rings is 1. The molecule has 6 nitrogen and oxygen atoms in total. The second kappa shape index (κ2) is 8.35. The predicted octanol–water partition coefficient (Wildman–Crippen LogP) is 3.10.